The van der Waals surface area contributed by atoms with E-state index in [9.17, 15) is 8.42 Å². The van der Waals surface area contributed by atoms with Crippen LogP contribution >= 0.6 is 10.7 Å². The van der Waals surface area contributed by atoms with Gasteiger partial charge in [-0.3, -0.25) is 4.98 Å². The van der Waals surface area contributed by atoms with Crippen LogP contribution < -0.4 is 0 Å². The molecular formula is C8H8ClNO2S. The number of halogens is 1. The number of aromatic nitrogens is 1. The summed E-state index contributed by atoms with van der Waals surface area (Å²) in [5.74, 6) is -0.238. The number of hydrogen-bond acceptors (Lipinski definition) is 3. The molecule has 0 spiro atoms. The lowest BCUT2D eigenvalue weighted by Crippen LogP contribution is -1.99. The highest BCUT2D eigenvalue weighted by molar-refractivity contribution is 8.14. The first-order chi connectivity index (χ1) is 5.99. The molecule has 1 aromatic rings. The van der Waals surface area contributed by atoms with Crippen LogP contribution in [0.2, 0.25) is 0 Å². The molecule has 70 valence electrons. The average molecular weight is 218 g/mol. The molecule has 0 radical (unpaired) electrons. The van der Waals surface area contributed by atoms with Crippen molar-refractivity contribution in [1.29, 1.82) is 0 Å². The van der Waals surface area contributed by atoms with Crippen molar-refractivity contribution in [3.63, 3.8) is 0 Å². The van der Waals surface area contributed by atoms with Gasteiger partial charge in [0.25, 0.3) is 0 Å². The zero-order chi connectivity index (χ0) is 9.90. The maximum absolute atomic E-state index is 10.7. The molecule has 0 aliphatic heterocycles. The van der Waals surface area contributed by atoms with Gasteiger partial charge in [0.2, 0.25) is 9.05 Å². The van der Waals surface area contributed by atoms with Crippen LogP contribution in [0.5, 0.6) is 0 Å². The van der Waals surface area contributed by atoms with Gasteiger partial charge < -0.3 is 0 Å². The zero-order valence-corrected chi connectivity index (χ0v) is 8.35. The fraction of sp³-hybridized carbons (Fsp3) is 0.125. The SMILES string of the molecule is C=C(CS(=O)(=O)Cl)c1ccncc1. The van der Waals surface area contributed by atoms with E-state index < -0.39 is 9.05 Å². The molecule has 3 nitrogen and oxygen atoms in total. The predicted octanol–water partition coefficient (Wildman–Crippen LogP) is 1.66. The fourth-order valence-corrected chi connectivity index (χ4v) is 1.86. The topological polar surface area (TPSA) is 47.0 Å². The first-order valence-corrected chi connectivity index (χ1v) is 5.97. The quantitative estimate of drug-likeness (QED) is 0.724. The lowest BCUT2D eigenvalue weighted by atomic mass is 10.1. The Kier molecular flexibility index (Phi) is 3.06. The van der Waals surface area contributed by atoms with E-state index in [0.29, 0.717) is 5.57 Å². The molecule has 0 saturated heterocycles. The summed E-state index contributed by atoms with van der Waals surface area (Å²) in [6.07, 6.45) is 3.14. The predicted molar refractivity (Wildman–Crippen MR) is 52.9 cm³/mol. The third-order valence-corrected chi connectivity index (χ3v) is 2.46. The average Bonchev–Trinajstić information content (AvgIpc) is 2.03. The zero-order valence-electron chi connectivity index (χ0n) is 6.77. The second kappa shape index (κ2) is 3.89. The minimum Gasteiger partial charge on any atom is -0.265 e. The first-order valence-electron chi connectivity index (χ1n) is 3.49. The third-order valence-electron chi connectivity index (χ3n) is 1.44. The minimum absolute atomic E-state index is 0.238. The summed E-state index contributed by atoms with van der Waals surface area (Å²) in [7, 11) is 1.55. The lowest BCUT2D eigenvalue weighted by Gasteiger charge is -2.01. The van der Waals surface area contributed by atoms with Gasteiger partial charge in [0.15, 0.2) is 0 Å². The Bertz CT molecular complexity index is 399. The van der Waals surface area contributed by atoms with Crippen LogP contribution in [0.25, 0.3) is 5.57 Å². The van der Waals surface area contributed by atoms with E-state index in [1.54, 1.807) is 24.5 Å². The highest BCUT2D eigenvalue weighted by Gasteiger charge is 2.08. The van der Waals surface area contributed by atoms with Gasteiger partial charge in [-0.1, -0.05) is 6.58 Å². The summed E-state index contributed by atoms with van der Waals surface area (Å²) in [4.78, 5) is 3.80. The number of nitrogens with zero attached hydrogens (tertiary/aromatic N) is 1. The van der Waals surface area contributed by atoms with Gasteiger partial charge in [-0.25, -0.2) is 8.42 Å². The first kappa shape index (κ1) is 10.2. The summed E-state index contributed by atoms with van der Waals surface area (Å²) in [6, 6.07) is 3.37. The highest BCUT2D eigenvalue weighted by Crippen LogP contribution is 2.14. The van der Waals surface area contributed by atoms with Crippen molar-refractivity contribution in [3.05, 3.63) is 36.7 Å². The maximum atomic E-state index is 10.7. The second-order valence-corrected chi connectivity index (χ2v) is 5.30. The molecule has 0 bridgehead atoms. The molecule has 1 rings (SSSR count). The molecule has 0 amide bonds. The summed E-state index contributed by atoms with van der Waals surface area (Å²) in [5.41, 5.74) is 1.21. The van der Waals surface area contributed by atoms with E-state index in [4.69, 9.17) is 10.7 Å². The van der Waals surface area contributed by atoms with Crippen LogP contribution in [0.1, 0.15) is 5.56 Å². The molecule has 1 aromatic heterocycles. The second-order valence-electron chi connectivity index (χ2n) is 2.52. The van der Waals surface area contributed by atoms with Crippen LogP contribution in [0, 0.1) is 0 Å². The molecule has 0 unspecified atom stereocenters. The molecule has 5 heteroatoms. The van der Waals surface area contributed by atoms with E-state index in [1.165, 1.54) is 0 Å². The Morgan fingerprint density at radius 2 is 2.00 bits per heavy atom. The van der Waals surface area contributed by atoms with Crippen LogP contribution in [-0.4, -0.2) is 19.2 Å². The minimum atomic E-state index is -3.52. The van der Waals surface area contributed by atoms with E-state index in [-0.39, 0.29) is 5.75 Å². The molecule has 0 fully saturated rings. The highest BCUT2D eigenvalue weighted by atomic mass is 35.7. The number of pyridine rings is 1. The standard InChI is InChI=1S/C8H8ClNO2S/c1-7(6-13(9,11)12)8-2-4-10-5-3-8/h2-5H,1,6H2. The largest absolute Gasteiger partial charge is 0.265 e. The van der Waals surface area contributed by atoms with Gasteiger partial charge >= 0.3 is 0 Å². The third kappa shape index (κ3) is 3.57. The lowest BCUT2D eigenvalue weighted by molar-refractivity contribution is 0.612. The van der Waals surface area contributed by atoms with E-state index in [1.807, 2.05) is 0 Å². The summed E-state index contributed by atoms with van der Waals surface area (Å²) in [5, 5.41) is 0. The van der Waals surface area contributed by atoms with Crippen LogP contribution in [-0.2, 0) is 9.05 Å². The van der Waals surface area contributed by atoms with Crippen LogP contribution in [0.4, 0.5) is 0 Å². The normalized spacial score (nSPS) is 11.2. The Morgan fingerprint density at radius 3 is 2.46 bits per heavy atom. The van der Waals surface area contributed by atoms with E-state index in [0.717, 1.165) is 5.56 Å². The van der Waals surface area contributed by atoms with Crippen molar-refractivity contribution in [1.82, 2.24) is 4.98 Å². The maximum Gasteiger partial charge on any atom is 0.236 e. The van der Waals surface area contributed by atoms with Gasteiger partial charge in [0.05, 0.1) is 5.75 Å². The molecular weight excluding hydrogens is 210 g/mol. The van der Waals surface area contributed by atoms with Gasteiger partial charge in [-0.05, 0) is 23.3 Å². The van der Waals surface area contributed by atoms with Gasteiger partial charge in [-0.15, -0.1) is 0 Å². The van der Waals surface area contributed by atoms with Crippen LogP contribution in [0.15, 0.2) is 31.1 Å². The van der Waals surface area contributed by atoms with Crippen molar-refractivity contribution in [2.24, 2.45) is 0 Å². The number of hydrogen-bond donors (Lipinski definition) is 0. The molecule has 0 aromatic carbocycles. The molecule has 13 heavy (non-hydrogen) atoms. The Morgan fingerprint density at radius 1 is 1.46 bits per heavy atom. The molecule has 0 N–H and O–H groups in total. The monoisotopic (exact) mass is 217 g/mol. The Labute approximate surface area is 81.5 Å². The Hall–Kier alpha value is -0.870. The van der Waals surface area contributed by atoms with Crippen molar-refractivity contribution >= 4 is 25.3 Å². The molecule has 0 saturated carbocycles. The van der Waals surface area contributed by atoms with Gasteiger partial charge in [-0.2, -0.15) is 0 Å². The van der Waals surface area contributed by atoms with Gasteiger partial charge in [0, 0.05) is 23.1 Å². The van der Waals surface area contributed by atoms with Crippen molar-refractivity contribution in [2.45, 2.75) is 0 Å². The summed E-state index contributed by atoms with van der Waals surface area (Å²) < 4.78 is 21.4. The molecule has 0 aliphatic carbocycles. The van der Waals surface area contributed by atoms with Crippen LogP contribution in [0.3, 0.4) is 0 Å². The smallest absolute Gasteiger partial charge is 0.236 e. The van der Waals surface area contributed by atoms with Crippen molar-refractivity contribution < 1.29 is 8.42 Å². The van der Waals surface area contributed by atoms with E-state index in [2.05, 4.69) is 11.6 Å². The van der Waals surface area contributed by atoms with E-state index >= 15 is 0 Å². The molecule has 1 heterocycles. The molecule has 0 aliphatic rings. The van der Waals surface area contributed by atoms with Crippen molar-refractivity contribution in [2.75, 3.05) is 5.75 Å². The fourth-order valence-electron chi connectivity index (χ4n) is 0.879. The Balaban J connectivity index is 2.82. The van der Waals surface area contributed by atoms with Gasteiger partial charge in [0.1, 0.15) is 0 Å². The summed E-state index contributed by atoms with van der Waals surface area (Å²) in [6.45, 7) is 3.62. The van der Waals surface area contributed by atoms with Crippen molar-refractivity contribution in [3.8, 4) is 0 Å². The number of rotatable bonds is 3. The molecule has 0 atom stereocenters. The summed E-state index contributed by atoms with van der Waals surface area (Å²) >= 11 is 0.